The van der Waals surface area contributed by atoms with E-state index in [0.717, 1.165) is 49.2 Å². The molecule has 6 nitrogen and oxygen atoms in total. The van der Waals surface area contributed by atoms with Crippen LogP contribution in [0.2, 0.25) is 0 Å². The number of para-hydroxylation sites is 1. The van der Waals surface area contributed by atoms with Crippen LogP contribution >= 0.6 is 11.3 Å². The molecule has 7 heteroatoms. The first-order valence-corrected chi connectivity index (χ1v) is 8.17. The summed E-state index contributed by atoms with van der Waals surface area (Å²) in [5.41, 5.74) is 6.60. The van der Waals surface area contributed by atoms with Crippen molar-refractivity contribution < 1.29 is 9.53 Å². The van der Waals surface area contributed by atoms with E-state index < -0.39 is 5.91 Å². The molecule has 22 heavy (non-hydrogen) atoms. The number of fused-ring (bicyclic) bond motifs is 1. The number of aromatic nitrogens is 1. The predicted octanol–water partition coefficient (Wildman–Crippen LogP) is 1.16. The van der Waals surface area contributed by atoms with E-state index in [1.807, 2.05) is 19.2 Å². The van der Waals surface area contributed by atoms with Gasteiger partial charge in [0.15, 0.2) is 5.13 Å². The summed E-state index contributed by atoms with van der Waals surface area (Å²) in [7, 11) is 2.03. The van der Waals surface area contributed by atoms with E-state index in [1.54, 1.807) is 17.4 Å². The molecule has 1 aromatic carbocycles. The molecule has 0 saturated carbocycles. The Labute approximate surface area is 133 Å². The largest absolute Gasteiger partial charge is 0.379 e. The molecule has 2 aromatic rings. The Morgan fingerprint density at radius 2 is 2.23 bits per heavy atom. The van der Waals surface area contributed by atoms with Crippen LogP contribution < -0.4 is 10.6 Å². The van der Waals surface area contributed by atoms with E-state index in [0.29, 0.717) is 11.1 Å². The van der Waals surface area contributed by atoms with E-state index in [4.69, 9.17) is 10.5 Å². The van der Waals surface area contributed by atoms with Crippen LogP contribution in [-0.4, -0.2) is 62.2 Å². The second-order valence-electron chi connectivity index (χ2n) is 5.39. The number of amides is 1. The number of nitrogens with zero attached hydrogens (tertiary/aromatic N) is 3. The summed E-state index contributed by atoms with van der Waals surface area (Å²) >= 11 is 1.59. The minimum Gasteiger partial charge on any atom is -0.379 e. The molecule has 2 N–H and O–H groups in total. The van der Waals surface area contributed by atoms with Gasteiger partial charge in [-0.25, -0.2) is 4.98 Å². The summed E-state index contributed by atoms with van der Waals surface area (Å²) in [6, 6.07) is 5.54. The van der Waals surface area contributed by atoms with Crippen molar-refractivity contribution in [1.29, 1.82) is 0 Å². The molecule has 1 aliphatic heterocycles. The number of ether oxygens (including phenoxy) is 1. The lowest BCUT2D eigenvalue weighted by molar-refractivity contribution is 0.0393. The molecule has 118 valence electrons. The standard InChI is InChI=1S/C15H20N4O2S/c1-18(5-6-19-7-9-21-10-8-19)15-17-13-11(14(16)20)3-2-4-12(13)22-15/h2-4H,5-10H2,1H3,(H2,16,20). The normalized spacial score (nSPS) is 16.0. The van der Waals surface area contributed by atoms with Gasteiger partial charge < -0.3 is 15.4 Å². The van der Waals surface area contributed by atoms with Crippen LogP contribution in [0.25, 0.3) is 10.2 Å². The molecule has 1 amide bonds. The summed E-state index contributed by atoms with van der Waals surface area (Å²) in [5.74, 6) is -0.432. The first-order chi connectivity index (χ1) is 10.6. The molecular formula is C15H20N4O2S. The van der Waals surface area contributed by atoms with Crippen LogP contribution in [0.1, 0.15) is 10.4 Å². The van der Waals surface area contributed by atoms with Crippen LogP contribution in [0.4, 0.5) is 5.13 Å². The molecule has 0 aliphatic carbocycles. The number of rotatable bonds is 5. The molecule has 0 radical (unpaired) electrons. The van der Waals surface area contributed by atoms with Gasteiger partial charge in [0.2, 0.25) is 0 Å². The van der Waals surface area contributed by atoms with E-state index in [-0.39, 0.29) is 0 Å². The summed E-state index contributed by atoms with van der Waals surface area (Å²) in [5, 5.41) is 0.914. The Hall–Kier alpha value is -1.70. The van der Waals surface area contributed by atoms with E-state index in [1.165, 1.54) is 0 Å². The molecule has 0 spiro atoms. The topological polar surface area (TPSA) is 71.7 Å². The monoisotopic (exact) mass is 320 g/mol. The number of likely N-dealkylation sites (N-methyl/N-ethyl adjacent to an activating group) is 1. The predicted molar refractivity (Wildman–Crippen MR) is 88.7 cm³/mol. The van der Waals surface area contributed by atoms with Crippen molar-refractivity contribution in [3.8, 4) is 0 Å². The Balaban J connectivity index is 1.72. The lowest BCUT2D eigenvalue weighted by Gasteiger charge is -2.28. The molecule has 1 saturated heterocycles. The number of thiazole rings is 1. The zero-order valence-electron chi connectivity index (χ0n) is 12.6. The lowest BCUT2D eigenvalue weighted by Crippen LogP contribution is -2.40. The second-order valence-corrected chi connectivity index (χ2v) is 6.40. The second kappa shape index (κ2) is 6.60. The van der Waals surface area contributed by atoms with E-state index >= 15 is 0 Å². The highest BCUT2D eigenvalue weighted by molar-refractivity contribution is 7.22. The molecule has 1 fully saturated rings. The van der Waals surface area contributed by atoms with Crippen molar-refractivity contribution in [2.24, 2.45) is 5.73 Å². The highest BCUT2D eigenvalue weighted by Crippen LogP contribution is 2.30. The number of nitrogens with two attached hydrogens (primary N) is 1. The third kappa shape index (κ3) is 3.21. The Morgan fingerprint density at radius 3 is 2.95 bits per heavy atom. The van der Waals surface area contributed by atoms with E-state index in [9.17, 15) is 4.79 Å². The molecule has 2 heterocycles. The average Bonchev–Trinajstić information content (AvgIpc) is 2.97. The summed E-state index contributed by atoms with van der Waals surface area (Å²) in [6.07, 6.45) is 0. The Kier molecular flexibility index (Phi) is 4.56. The Bertz CT molecular complexity index is 667. The van der Waals surface area contributed by atoms with Gasteiger partial charge in [0.25, 0.3) is 5.91 Å². The smallest absolute Gasteiger partial charge is 0.250 e. The van der Waals surface area contributed by atoms with Gasteiger partial charge in [-0.1, -0.05) is 17.4 Å². The van der Waals surface area contributed by atoms with Gasteiger partial charge in [0.1, 0.15) is 0 Å². The third-order valence-electron chi connectivity index (χ3n) is 3.86. The third-order valence-corrected chi connectivity index (χ3v) is 4.99. The fourth-order valence-corrected chi connectivity index (χ4v) is 3.49. The molecule has 0 atom stereocenters. The summed E-state index contributed by atoms with van der Waals surface area (Å²) in [6.45, 7) is 5.48. The van der Waals surface area contributed by atoms with Gasteiger partial charge in [-0.2, -0.15) is 0 Å². The number of primary amides is 1. The van der Waals surface area contributed by atoms with Gasteiger partial charge in [-0.15, -0.1) is 0 Å². The first-order valence-electron chi connectivity index (χ1n) is 7.36. The number of benzene rings is 1. The number of hydrogen-bond acceptors (Lipinski definition) is 6. The van der Waals surface area contributed by atoms with Crippen LogP contribution in [-0.2, 0) is 4.74 Å². The maximum absolute atomic E-state index is 11.5. The maximum Gasteiger partial charge on any atom is 0.250 e. The molecule has 0 unspecified atom stereocenters. The zero-order valence-corrected chi connectivity index (χ0v) is 13.4. The van der Waals surface area contributed by atoms with Gasteiger partial charge in [0.05, 0.1) is 29.0 Å². The van der Waals surface area contributed by atoms with Crippen molar-refractivity contribution in [3.63, 3.8) is 0 Å². The molecule has 1 aromatic heterocycles. The minimum absolute atomic E-state index is 0.432. The summed E-state index contributed by atoms with van der Waals surface area (Å²) in [4.78, 5) is 20.6. The number of hydrogen-bond donors (Lipinski definition) is 1. The quantitative estimate of drug-likeness (QED) is 0.895. The minimum atomic E-state index is -0.432. The van der Waals surface area contributed by atoms with Gasteiger partial charge in [0, 0.05) is 33.2 Å². The van der Waals surface area contributed by atoms with Gasteiger partial charge in [-0.3, -0.25) is 9.69 Å². The molecule has 1 aliphatic rings. The maximum atomic E-state index is 11.5. The highest BCUT2D eigenvalue weighted by atomic mass is 32.1. The van der Waals surface area contributed by atoms with Crippen molar-refractivity contribution in [2.75, 3.05) is 51.3 Å². The average molecular weight is 320 g/mol. The molecular weight excluding hydrogens is 300 g/mol. The molecule has 0 bridgehead atoms. The van der Waals surface area contributed by atoms with Crippen LogP contribution in [0.15, 0.2) is 18.2 Å². The number of anilines is 1. The number of carbonyl (C=O) groups excluding carboxylic acids is 1. The van der Waals surface area contributed by atoms with Crippen molar-refractivity contribution >= 4 is 32.6 Å². The Morgan fingerprint density at radius 1 is 1.45 bits per heavy atom. The van der Waals surface area contributed by atoms with E-state index in [2.05, 4.69) is 14.8 Å². The van der Waals surface area contributed by atoms with Gasteiger partial charge in [-0.05, 0) is 12.1 Å². The van der Waals surface area contributed by atoms with Gasteiger partial charge >= 0.3 is 0 Å². The van der Waals surface area contributed by atoms with Crippen LogP contribution in [0.3, 0.4) is 0 Å². The van der Waals surface area contributed by atoms with Crippen molar-refractivity contribution in [2.45, 2.75) is 0 Å². The number of carbonyl (C=O) groups is 1. The van der Waals surface area contributed by atoms with Crippen LogP contribution in [0, 0.1) is 0 Å². The fourth-order valence-electron chi connectivity index (χ4n) is 2.51. The molecule has 3 rings (SSSR count). The SMILES string of the molecule is CN(CCN1CCOCC1)c1nc2c(C(N)=O)cccc2s1. The highest BCUT2D eigenvalue weighted by Gasteiger charge is 2.15. The van der Waals surface area contributed by atoms with Crippen molar-refractivity contribution in [1.82, 2.24) is 9.88 Å². The fraction of sp³-hybridized carbons (Fsp3) is 0.467. The van der Waals surface area contributed by atoms with Crippen molar-refractivity contribution in [3.05, 3.63) is 23.8 Å². The zero-order chi connectivity index (χ0) is 15.5. The number of morpholine rings is 1. The lowest BCUT2D eigenvalue weighted by atomic mass is 10.2. The van der Waals surface area contributed by atoms with Crippen LogP contribution in [0.5, 0.6) is 0 Å². The first kappa shape index (κ1) is 15.2. The summed E-state index contributed by atoms with van der Waals surface area (Å²) < 4.78 is 6.35.